The summed E-state index contributed by atoms with van der Waals surface area (Å²) in [5, 5.41) is 24.1. The van der Waals surface area contributed by atoms with Crippen molar-refractivity contribution in [3.63, 3.8) is 0 Å². The van der Waals surface area contributed by atoms with Gasteiger partial charge in [0.2, 0.25) is 0 Å². The summed E-state index contributed by atoms with van der Waals surface area (Å²) in [6, 6.07) is 7.47. The fraction of sp³-hybridized carbons (Fsp3) is 0.318. The first-order chi connectivity index (χ1) is 14.6. The van der Waals surface area contributed by atoms with Gasteiger partial charge in [-0.3, -0.25) is 14.4 Å². The number of benzene rings is 2. The third-order valence-electron chi connectivity index (χ3n) is 4.57. The maximum absolute atomic E-state index is 13.3. The molecule has 0 saturated heterocycles. The van der Waals surface area contributed by atoms with Gasteiger partial charge < -0.3 is 20.8 Å². The van der Waals surface area contributed by atoms with E-state index in [4.69, 9.17) is 0 Å². The Morgan fingerprint density at radius 2 is 1.52 bits per heavy atom. The molecule has 1 unspecified atom stereocenters. The van der Waals surface area contributed by atoms with E-state index in [1.807, 2.05) is 13.8 Å². The summed E-state index contributed by atoms with van der Waals surface area (Å²) in [6.07, 6.45) is 0.354. The predicted octanol–water partition coefficient (Wildman–Crippen LogP) is 3.47. The second kappa shape index (κ2) is 10.6. The standard InChI is InChI=1S/C22H24F2N2O5/c1-12(2)7-19(22(30)31)25-11-18(21(28)29)13-3-5-17(6-4-13)26-20(27)14-8-15(23)10-16(24)9-14/h3-6,8-10,12,18-19,25H,7,11H2,1-2H3,(H,26,27)(H,28,29)(H,30,31)/t18?,19-/m0/s1. The van der Waals surface area contributed by atoms with Crippen molar-refractivity contribution < 1.29 is 33.4 Å². The fourth-order valence-electron chi connectivity index (χ4n) is 3.04. The van der Waals surface area contributed by atoms with E-state index in [9.17, 15) is 33.4 Å². The van der Waals surface area contributed by atoms with Crippen LogP contribution in [0.1, 0.15) is 42.1 Å². The Labute approximate surface area is 178 Å². The van der Waals surface area contributed by atoms with E-state index in [0.29, 0.717) is 23.7 Å². The number of rotatable bonds is 10. The van der Waals surface area contributed by atoms with Crippen LogP contribution in [0.25, 0.3) is 0 Å². The van der Waals surface area contributed by atoms with Crippen molar-refractivity contribution in [2.24, 2.45) is 5.92 Å². The quantitative estimate of drug-likeness (QED) is 0.455. The van der Waals surface area contributed by atoms with Gasteiger partial charge in [-0.1, -0.05) is 26.0 Å². The minimum absolute atomic E-state index is 0.0900. The van der Waals surface area contributed by atoms with Crippen LogP contribution in [0.2, 0.25) is 0 Å². The topological polar surface area (TPSA) is 116 Å². The molecule has 0 aliphatic heterocycles. The summed E-state index contributed by atoms with van der Waals surface area (Å²) >= 11 is 0. The number of hydrogen-bond donors (Lipinski definition) is 4. The van der Waals surface area contributed by atoms with Crippen molar-refractivity contribution in [2.45, 2.75) is 32.2 Å². The van der Waals surface area contributed by atoms with Crippen molar-refractivity contribution in [3.05, 3.63) is 65.2 Å². The van der Waals surface area contributed by atoms with Gasteiger partial charge in [0.1, 0.15) is 17.7 Å². The highest BCUT2D eigenvalue weighted by Crippen LogP contribution is 2.20. The molecule has 0 fully saturated rings. The molecule has 2 aromatic carbocycles. The molecule has 0 radical (unpaired) electrons. The van der Waals surface area contributed by atoms with Crippen LogP contribution < -0.4 is 10.6 Å². The van der Waals surface area contributed by atoms with Crippen LogP contribution in [0.3, 0.4) is 0 Å². The molecule has 2 rings (SSSR count). The zero-order valence-electron chi connectivity index (χ0n) is 17.1. The van der Waals surface area contributed by atoms with E-state index in [0.717, 1.165) is 12.1 Å². The summed E-state index contributed by atoms with van der Waals surface area (Å²) in [6.45, 7) is 3.66. The van der Waals surface area contributed by atoms with Crippen LogP contribution in [0.4, 0.5) is 14.5 Å². The molecule has 2 atom stereocenters. The zero-order chi connectivity index (χ0) is 23.1. The van der Waals surface area contributed by atoms with Crippen LogP contribution >= 0.6 is 0 Å². The normalized spacial score (nSPS) is 12.9. The largest absolute Gasteiger partial charge is 0.481 e. The lowest BCUT2D eigenvalue weighted by Gasteiger charge is -2.20. The number of carboxylic acids is 2. The van der Waals surface area contributed by atoms with Crippen molar-refractivity contribution in [1.29, 1.82) is 0 Å². The van der Waals surface area contributed by atoms with E-state index in [1.54, 1.807) is 0 Å². The van der Waals surface area contributed by atoms with Gasteiger partial charge in [0.15, 0.2) is 0 Å². The van der Waals surface area contributed by atoms with Crippen LogP contribution in [-0.4, -0.2) is 40.6 Å². The van der Waals surface area contributed by atoms with Crippen molar-refractivity contribution >= 4 is 23.5 Å². The molecule has 4 N–H and O–H groups in total. The number of halogens is 2. The second-order valence-corrected chi connectivity index (χ2v) is 7.55. The monoisotopic (exact) mass is 434 g/mol. The minimum atomic E-state index is -1.13. The van der Waals surface area contributed by atoms with Gasteiger partial charge in [-0.25, -0.2) is 8.78 Å². The molecule has 9 heteroatoms. The van der Waals surface area contributed by atoms with Crippen molar-refractivity contribution in [1.82, 2.24) is 5.32 Å². The molecule has 1 amide bonds. The van der Waals surface area contributed by atoms with Crippen LogP contribution in [0.15, 0.2) is 42.5 Å². The summed E-state index contributed by atoms with van der Waals surface area (Å²) in [7, 11) is 0. The number of amides is 1. The maximum Gasteiger partial charge on any atom is 0.320 e. The lowest BCUT2D eigenvalue weighted by molar-refractivity contribution is -0.142. The first-order valence-corrected chi connectivity index (χ1v) is 9.63. The molecule has 0 aliphatic carbocycles. The summed E-state index contributed by atoms with van der Waals surface area (Å²) < 4.78 is 26.6. The lowest BCUT2D eigenvalue weighted by Crippen LogP contribution is -2.41. The molecule has 166 valence electrons. The molecular weight excluding hydrogens is 410 g/mol. The summed E-state index contributed by atoms with van der Waals surface area (Å²) in [4.78, 5) is 35.2. The predicted molar refractivity (Wildman–Crippen MR) is 110 cm³/mol. The van der Waals surface area contributed by atoms with Gasteiger partial charge in [-0.15, -0.1) is 0 Å². The Bertz CT molecular complexity index is 927. The molecule has 0 saturated carbocycles. The van der Waals surface area contributed by atoms with Crippen LogP contribution in [-0.2, 0) is 9.59 Å². The van der Waals surface area contributed by atoms with Gasteiger partial charge in [-0.2, -0.15) is 0 Å². The van der Waals surface area contributed by atoms with E-state index >= 15 is 0 Å². The van der Waals surface area contributed by atoms with Gasteiger partial charge in [0.25, 0.3) is 5.91 Å². The smallest absolute Gasteiger partial charge is 0.320 e. The number of carbonyl (C=O) groups is 3. The average Bonchev–Trinajstić information content (AvgIpc) is 2.67. The zero-order valence-corrected chi connectivity index (χ0v) is 17.1. The molecule has 31 heavy (non-hydrogen) atoms. The van der Waals surface area contributed by atoms with E-state index in [-0.39, 0.29) is 18.0 Å². The van der Waals surface area contributed by atoms with Gasteiger partial charge >= 0.3 is 11.9 Å². The van der Waals surface area contributed by atoms with E-state index < -0.39 is 41.4 Å². The number of carboxylic acid groups (broad SMARTS) is 2. The number of carbonyl (C=O) groups excluding carboxylic acids is 1. The second-order valence-electron chi connectivity index (χ2n) is 7.55. The van der Waals surface area contributed by atoms with E-state index in [1.165, 1.54) is 24.3 Å². The highest BCUT2D eigenvalue weighted by atomic mass is 19.1. The lowest BCUT2D eigenvalue weighted by atomic mass is 9.97. The Morgan fingerprint density at radius 3 is 2.00 bits per heavy atom. The SMILES string of the molecule is CC(C)C[C@H](NCC(C(=O)O)c1ccc(NC(=O)c2cc(F)cc(F)c2)cc1)C(=O)O. The average molecular weight is 434 g/mol. The number of aliphatic carboxylic acids is 2. The summed E-state index contributed by atoms with van der Waals surface area (Å²) in [5.41, 5.74) is 0.515. The number of nitrogens with one attached hydrogen (secondary N) is 2. The number of hydrogen-bond acceptors (Lipinski definition) is 4. The van der Waals surface area contributed by atoms with Crippen LogP contribution in [0.5, 0.6) is 0 Å². The molecule has 0 bridgehead atoms. The maximum atomic E-state index is 13.3. The molecule has 7 nitrogen and oxygen atoms in total. The van der Waals surface area contributed by atoms with Gasteiger partial charge in [-0.05, 0) is 42.2 Å². The van der Waals surface area contributed by atoms with Gasteiger partial charge in [0, 0.05) is 23.9 Å². The highest BCUT2D eigenvalue weighted by molar-refractivity contribution is 6.04. The summed E-state index contributed by atoms with van der Waals surface area (Å²) in [5.74, 6) is -5.55. The van der Waals surface area contributed by atoms with E-state index in [2.05, 4.69) is 10.6 Å². The number of anilines is 1. The molecule has 0 aromatic heterocycles. The first kappa shape index (κ1) is 23.9. The Morgan fingerprint density at radius 1 is 0.935 bits per heavy atom. The fourth-order valence-corrected chi connectivity index (χ4v) is 3.04. The molecule has 0 aliphatic rings. The molecular formula is C22H24F2N2O5. The Hall–Kier alpha value is -3.33. The van der Waals surface area contributed by atoms with Crippen molar-refractivity contribution in [3.8, 4) is 0 Å². The third-order valence-corrected chi connectivity index (χ3v) is 4.57. The molecule has 0 spiro atoms. The van der Waals surface area contributed by atoms with Crippen molar-refractivity contribution in [2.75, 3.05) is 11.9 Å². The minimum Gasteiger partial charge on any atom is -0.481 e. The Balaban J connectivity index is 2.08. The Kier molecular flexibility index (Phi) is 8.21. The molecule has 2 aromatic rings. The van der Waals surface area contributed by atoms with Gasteiger partial charge in [0.05, 0.1) is 5.92 Å². The first-order valence-electron chi connectivity index (χ1n) is 9.63. The third kappa shape index (κ3) is 7.14. The molecule has 0 heterocycles. The highest BCUT2D eigenvalue weighted by Gasteiger charge is 2.24. The van der Waals surface area contributed by atoms with Crippen LogP contribution in [0, 0.1) is 17.6 Å².